The summed E-state index contributed by atoms with van der Waals surface area (Å²) in [6, 6.07) is 5.10. The van der Waals surface area contributed by atoms with Gasteiger partial charge in [-0.2, -0.15) is 0 Å². The Morgan fingerprint density at radius 2 is 2.25 bits per heavy atom. The predicted molar refractivity (Wildman–Crippen MR) is 81.9 cm³/mol. The van der Waals surface area contributed by atoms with E-state index in [0.29, 0.717) is 10.4 Å². The van der Waals surface area contributed by atoms with Crippen molar-refractivity contribution in [2.45, 2.75) is 26.9 Å². The highest BCUT2D eigenvalue weighted by Gasteiger charge is 2.05. The Bertz CT molecular complexity index is 568. The third kappa shape index (κ3) is 4.15. The molecular weight excluding hydrogens is 321 g/mol. The van der Waals surface area contributed by atoms with Crippen molar-refractivity contribution in [2.75, 3.05) is 6.54 Å². The number of halogens is 2. The fourth-order valence-corrected chi connectivity index (χ4v) is 2.54. The predicted octanol–water partition coefficient (Wildman–Crippen LogP) is 3.52. The van der Waals surface area contributed by atoms with E-state index in [0.717, 1.165) is 31.0 Å². The van der Waals surface area contributed by atoms with Crippen LogP contribution in [-0.4, -0.2) is 16.1 Å². The quantitative estimate of drug-likeness (QED) is 0.872. The monoisotopic (exact) mass is 339 g/mol. The molecule has 0 spiro atoms. The lowest BCUT2D eigenvalue weighted by molar-refractivity contribution is 0.440. The first kappa shape index (κ1) is 15.2. The highest BCUT2D eigenvalue weighted by molar-refractivity contribution is 9.10. The number of nitrogens with zero attached hydrogens (tertiary/aromatic N) is 2. The lowest BCUT2D eigenvalue weighted by atomic mass is 10.1. The summed E-state index contributed by atoms with van der Waals surface area (Å²) in [6.45, 7) is 6.81. The van der Waals surface area contributed by atoms with Crippen LogP contribution in [0, 0.1) is 18.7 Å². The van der Waals surface area contributed by atoms with E-state index in [4.69, 9.17) is 0 Å². The van der Waals surface area contributed by atoms with Crippen molar-refractivity contribution in [2.24, 2.45) is 5.92 Å². The van der Waals surface area contributed by atoms with Crippen molar-refractivity contribution < 1.29 is 4.39 Å². The molecule has 0 aliphatic heterocycles. The van der Waals surface area contributed by atoms with Crippen LogP contribution in [0.15, 0.2) is 35.1 Å². The molecule has 0 amide bonds. The zero-order chi connectivity index (χ0) is 14.5. The number of aryl methyl sites for hydroxylation is 1. The van der Waals surface area contributed by atoms with Gasteiger partial charge in [-0.15, -0.1) is 0 Å². The van der Waals surface area contributed by atoms with E-state index in [-0.39, 0.29) is 5.82 Å². The second kappa shape index (κ2) is 6.99. The molecule has 108 valence electrons. The summed E-state index contributed by atoms with van der Waals surface area (Å²) in [6.07, 6.45) is 3.83. The first-order valence-corrected chi connectivity index (χ1v) is 7.48. The lowest BCUT2D eigenvalue weighted by Gasteiger charge is -2.14. The van der Waals surface area contributed by atoms with Gasteiger partial charge in [0.05, 0.1) is 4.47 Å². The van der Waals surface area contributed by atoms with E-state index in [1.807, 2.05) is 25.4 Å². The van der Waals surface area contributed by atoms with Crippen LogP contribution in [0.2, 0.25) is 0 Å². The molecule has 0 radical (unpaired) electrons. The van der Waals surface area contributed by atoms with E-state index < -0.39 is 0 Å². The molecule has 1 aromatic carbocycles. The van der Waals surface area contributed by atoms with Crippen molar-refractivity contribution >= 4 is 15.9 Å². The molecule has 5 heteroatoms. The molecule has 0 bridgehead atoms. The maximum absolute atomic E-state index is 13.1. The summed E-state index contributed by atoms with van der Waals surface area (Å²) in [4.78, 5) is 4.22. The molecule has 2 aromatic rings. The summed E-state index contributed by atoms with van der Waals surface area (Å²) in [5, 5.41) is 3.40. The molecule has 0 aliphatic carbocycles. The SMILES string of the molecule is Cc1nccn1CC(C)CNCc1ccc(F)c(Br)c1. The minimum atomic E-state index is -0.224. The second-order valence-electron chi connectivity index (χ2n) is 5.11. The molecule has 0 aliphatic rings. The van der Waals surface area contributed by atoms with E-state index in [9.17, 15) is 4.39 Å². The number of nitrogens with one attached hydrogen (secondary N) is 1. The first-order chi connectivity index (χ1) is 9.56. The summed E-state index contributed by atoms with van der Waals surface area (Å²) in [5.74, 6) is 1.32. The largest absolute Gasteiger partial charge is 0.335 e. The molecule has 0 saturated heterocycles. The van der Waals surface area contributed by atoms with Gasteiger partial charge in [0.25, 0.3) is 0 Å². The Kier molecular flexibility index (Phi) is 5.31. The number of imidazole rings is 1. The van der Waals surface area contributed by atoms with Gasteiger partial charge in [-0.25, -0.2) is 9.37 Å². The number of hydrogen-bond donors (Lipinski definition) is 1. The van der Waals surface area contributed by atoms with Gasteiger partial charge in [0, 0.05) is 25.5 Å². The smallest absolute Gasteiger partial charge is 0.137 e. The van der Waals surface area contributed by atoms with Crippen molar-refractivity contribution in [3.63, 3.8) is 0 Å². The van der Waals surface area contributed by atoms with Crippen molar-refractivity contribution in [3.05, 3.63) is 52.3 Å². The minimum Gasteiger partial charge on any atom is -0.335 e. The van der Waals surface area contributed by atoms with E-state index in [1.54, 1.807) is 6.07 Å². The van der Waals surface area contributed by atoms with Crippen molar-refractivity contribution in [1.82, 2.24) is 14.9 Å². The number of aromatic nitrogens is 2. The fourth-order valence-electron chi connectivity index (χ4n) is 2.11. The maximum Gasteiger partial charge on any atom is 0.137 e. The number of hydrogen-bond acceptors (Lipinski definition) is 2. The van der Waals surface area contributed by atoms with Crippen molar-refractivity contribution in [3.8, 4) is 0 Å². The molecule has 1 atom stereocenters. The highest BCUT2D eigenvalue weighted by Crippen LogP contribution is 2.16. The Morgan fingerprint density at radius 1 is 1.45 bits per heavy atom. The standard InChI is InChI=1S/C15H19BrFN3/c1-11(10-20-6-5-19-12(20)2)8-18-9-13-3-4-15(17)14(16)7-13/h3-7,11,18H,8-10H2,1-2H3. The molecule has 0 saturated carbocycles. The Balaban J connectivity index is 1.77. The van der Waals surface area contributed by atoms with Gasteiger partial charge in [-0.1, -0.05) is 13.0 Å². The van der Waals surface area contributed by atoms with Gasteiger partial charge >= 0.3 is 0 Å². The molecular formula is C15H19BrFN3. The van der Waals surface area contributed by atoms with Crippen LogP contribution in [-0.2, 0) is 13.1 Å². The van der Waals surface area contributed by atoms with Gasteiger partial charge in [0.1, 0.15) is 11.6 Å². The van der Waals surface area contributed by atoms with Crippen molar-refractivity contribution in [1.29, 1.82) is 0 Å². The van der Waals surface area contributed by atoms with Gasteiger partial charge < -0.3 is 9.88 Å². The molecule has 1 unspecified atom stereocenters. The maximum atomic E-state index is 13.1. The Morgan fingerprint density at radius 3 is 2.90 bits per heavy atom. The number of benzene rings is 1. The van der Waals surface area contributed by atoms with Crippen LogP contribution in [0.1, 0.15) is 18.3 Å². The zero-order valence-corrected chi connectivity index (χ0v) is 13.3. The topological polar surface area (TPSA) is 29.9 Å². The minimum absolute atomic E-state index is 0.224. The number of rotatable bonds is 6. The summed E-state index contributed by atoms with van der Waals surface area (Å²) >= 11 is 3.20. The zero-order valence-electron chi connectivity index (χ0n) is 11.7. The third-order valence-electron chi connectivity index (χ3n) is 3.24. The van der Waals surface area contributed by atoms with Crippen LogP contribution >= 0.6 is 15.9 Å². The van der Waals surface area contributed by atoms with E-state index in [2.05, 4.69) is 37.7 Å². The summed E-state index contributed by atoms with van der Waals surface area (Å²) in [7, 11) is 0. The Hall–Kier alpha value is -1.20. The van der Waals surface area contributed by atoms with Gasteiger partial charge in [0.15, 0.2) is 0 Å². The highest BCUT2D eigenvalue weighted by atomic mass is 79.9. The first-order valence-electron chi connectivity index (χ1n) is 6.68. The van der Waals surface area contributed by atoms with Crippen LogP contribution in [0.5, 0.6) is 0 Å². The van der Waals surface area contributed by atoms with Crippen LogP contribution in [0.4, 0.5) is 4.39 Å². The second-order valence-corrected chi connectivity index (χ2v) is 5.97. The van der Waals surface area contributed by atoms with Crippen LogP contribution < -0.4 is 5.32 Å². The van der Waals surface area contributed by atoms with E-state index >= 15 is 0 Å². The third-order valence-corrected chi connectivity index (χ3v) is 3.85. The Labute approximate surface area is 127 Å². The molecule has 2 rings (SSSR count). The van der Waals surface area contributed by atoms with Gasteiger partial charge in [0.2, 0.25) is 0 Å². The molecule has 20 heavy (non-hydrogen) atoms. The summed E-state index contributed by atoms with van der Waals surface area (Å²) < 4.78 is 15.8. The fraction of sp³-hybridized carbons (Fsp3) is 0.400. The van der Waals surface area contributed by atoms with Gasteiger partial charge in [-0.3, -0.25) is 0 Å². The normalized spacial score (nSPS) is 12.6. The van der Waals surface area contributed by atoms with Crippen LogP contribution in [0.25, 0.3) is 0 Å². The van der Waals surface area contributed by atoms with Gasteiger partial charge in [-0.05, 0) is 53.0 Å². The van der Waals surface area contributed by atoms with E-state index in [1.165, 1.54) is 6.07 Å². The average Bonchev–Trinajstić information content (AvgIpc) is 2.79. The molecule has 1 heterocycles. The lowest BCUT2D eigenvalue weighted by Crippen LogP contribution is -2.24. The average molecular weight is 340 g/mol. The summed E-state index contributed by atoms with van der Waals surface area (Å²) in [5.41, 5.74) is 1.07. The molecule has 3 nitrogen and oxygen atoms in total. The van der Waals surface area contributed by atoms with Crippen LogP contribution in [0.3, 0.4) is 0 Å². The molecule has 0 fully saturated rings. The molecule has 1 N–H and O–H groups in total. The molecule has 1 aromatic heterocycles.